The number of primary sulfonamides is 1. The Morgan fingerprint density at radius 1 is 1.48 bits per heavy atom. The van der Waals surface area contributed by atoms with Gasteiger partial charge in [-0.15, -0.1) is 0 Å². The topological polar surface area (TPSA) is 89.3 Å². The van der Waals surface area contributed by atoms with Crippen molar-refractivity contribution in [3.05, 3.63) is 28.3 Å². The number of hydrogen-bond acceptors (Lipinski definition) is 3. The highest BCUT2D eigenvalue weighted by Crippen LogP contribution is 2.51. The summed E-state index contributed by atoms with van der Waals surface area (Å²) in [4.78, 5) is 12.1. The van der Waals surface area contributed by atoms with Crippen molar-refractivity contribution in [2.24, 2.45) is 16.5 Å². The van der Waals surface area contributed by atoms with E-state index in [-0.39, 0.29) is 26.8 Å². The van der Waals surface area contributed by atoms with E-state index in [0.717, 1.165) is 6.42 Å². The van der Waals surface area contributed by atoms with Crippen LogP contribution in [0.1, 0.15) is 36.2 Å². The highest BCUT2D eigenvalue weighted by molar-refractivity contribution is 7.89. The zero-order chi connectivity index (χ0) is 16.0. The molecule has 5 nitrogen and oxygen atoms in total. The Kier molecular flexibility index (Phi) is 4.08. The number of amides is 1. The van der Waals surface area contributed by atoms with Crippen LogP contribution >= 0.6 is 11.6 Å². The van der Waals surface area contributed by atoms with Crippen molar-refractivity contribution in [2.45, 2.75) is 32.1 Å². The SMILES string of the molecule is Cc1c(Cl)cc(S(N)(=O)=O)cc1C(=O)NCC1CC1(C)C. The third kappa shape index (κ3) is 3.56. The minimum absolute atomic E-state index is 0.157. The van der Waals surface area contributed by atoms with Crippen molar-refractivity contribution in [2.75, 3.05) is 6.54 Å². The summed E-state index contributed by atoms with van der Waals surface area (Å²) in [5, 5.41) is 8.13. The van der Waals surface area contributed by atoms with Crippen LogP contribution in [-0.4, -0.2) is 20.9 Å². The number of sulfonamides is 1. The molecule has 2 rings (SSSR count). The van der Waals surface area contributed by atoms with E-state index in [2.05, 4.69) is 19.2 Å². The average molecular weight is 331 g/mol. The lowest BCUT2D eigenvalue weighted by Gasteiger charge is -2.11. The molecule has 1 fully saturated rings. The molecule has 0 saturated heterocycles. The second-order valence-corrected chi connectivity index (χ2v) is 8.19. The maximum absolute atomic E-state index is 12.2. The maximum Gasteiger partial charge on any atom is 0.251 e. The van der Waals surface area contributed by atoms with Gasteiger partial charge in [-0.2, -0.15) is 0 Å². The van der Waals surface area contributed by atoms with Gasteiger partial charge in [0, 0.05) is 17.1 Å². The smallest absolute Gasteiger partial charge is 0.251 e. The standard InChI is InChI=1S/C14H19ClN2O3S/c1-8-11(4-10(5-12(8)15)21(16,19)20)13(18)17-7-9-6-14(9,2)3/h4-5,9H,6-7H2,1-3H3,(H,17,18)(H2,16,19,20). The molecule has 0 bridgehead atoms. The Bertz CT molecular complexity index is 698. The Hall–Kier alpha value is -1.11. The minimum atomic E-state index is -3.90. The van der Waals surface area contributed by atoms with E-state index in [9.17, 15) is 13.2 Å². The summed E-state index contributed by atoms with van der Waals surface area (Å²) >= 11 is 5.99. The highest BCUT2D eigenvalue weighted by Gasteiger charge is 2.45. The molecule has 0 radical (unpaired) electrons. The van der Waals surface area contributed by atoms with Crippen molar-refractivity contribution in [3.63, 3.8) is 0 Å². The largest absolute Gasteiger partial charge is 0.352 e. The van der Waals surface area contributed by atoms with Crippen molar-refractivity contribution in [3.8, 4) is 0 Å². The highest BCUT2D eigenvalue weighted by atomic mass is 35.5. The first-order chi connectivity index (χ1) is 9.52. The van der Waals surface area contributed by atoms with Gasteiger partial charge in [-0.25, -0.2) is 13.6 Å². The van der Waals surface area contributed by atoms with Crippen LogP contribution in [0, 0.1) is 18.3 Å². The van der Waals surface area contributed by atoms with Crippen LogP contribution in [0.15, 0.2) is 17.0 Å². The second-order valence-electron chi connectivity index (χ2n) is 6.22. The molecular formula is C14H19ClN2O3S. The van der Waals surface area contributed by atoms with E-state index in [1.807, 2.05) is 0 Å². The molecule has 0 aliphatic heterocycles. The monoisotopic (exact) mass is 330 g/mol. The first-order valence-corrected chi connectivity index (χ1v) is 8.56. The Morgan fingerprint density at radius 2 is 2.05 bits per heavy atom. The molecule has 21 heavy (non-hydrogen) atoms. The third-order valence-corrected chi connectivity index (χ3v) is 5.40. The van der Waals surface area contributed by atoms with Gasteiger partial charge in [-0.3, -0.25) is 4.79 Å². The van der Waals surface area contributed by atoms with Crippen LogP contribution in [0.3, 0.4) is 0 Å². The van der Waals surface area contributed by atoms with Crippen LogP contribution in [0.5, 0.6) is 0 Å². The molecule has 1 amide bonds. The number of halogens is 1. The lowest BCUT2D eigenvalue weighted by molar-refractivity contribution is 0.0950. The normalized spacial score (nSPS) is 20.1. The van der Waals surface area contributed by atoms with E-state index >= 15 is 0 Å². The van der Waals surface area contributed by atoms with Crippen LogP contribution < -0.4 is 10.5 Å². The summed E-state index contributed by atoms with van der Waals surface area (Å²) in [5.74, 6) is 0.126. The van der Waals surface area contributed by atoms with Gasteiger partial charge in [-0.05, 0) is 42.4 Å². The molecule has 1 aliphatic carbocycles. The molecule has 0 aromatic heterocycles. The van der Waals surface area contributed by atoms with E-state index in [1.165, 1.54) is 12.1 Å². The number of benzene rings is 1. The summed E-state index contributed by atoms with van der Waals surface area (Å²) in [6, 6.07) is 2.52. The number of rotatable bonds is 4. The summed E-state index contributed by atoms with van der Waals surface area (Å²) in [7, 11) is -3.90. The summed E-state index contributed by atoms with van der Waals surface area (Å²) in [6.07, 6.45) is 1.07. The van der Waals surface area contributed by atoms with Crippen molar-refractivity contribution in [1.29, 1.82) is 0 Å². The van der Waals surface area contributed by atoms with E-state index in [4.69, 9.17) is 16.7 Å². The predicted octanol–water partition coefficient (Wildman–Crippen LogP) is 2.07. The van der Waals surface area contributed by atoms with Gasteiger partial charge < -0.3 is 5.32 Å². The first-order valence-electron chi connectivity index (χ1n) is 6.63. The number of nitrogens with one attached hydrogen (secondary N) is 1. The molecule has 1 aromatic carbocycles. The lowest BCUT2D eigenvalue weighted by atomic mass is 10.1. The Balaban J connectivity index is 2.22. The van der Waals surface area contributed by atoms with E-state index in [1.54, 1.807) is 6.92 Å². The number of hydrogen-bond donors (Lipinski definition) is 2. The molecule has 1 aliphatic rings. The van der Waals surface area contributed by atoms with Crippen LogP contribution in [-0.2, 0) is 10.0 Å². The maximum atomic E-state index is 12.2. The molecule has 0 heterocycles. The molecule has 7 heteroatoms. The minimum Gasteiger partial charge on any atom is -0.352 e. The van der Waals surface area contributed by atoms with Crippen molar-refractivity contribution < 1.29 is 13.2 Å². The molecule has 116 valence electrons. The molecular weight excluding hydrogens is 312 g/mol. The zero-order valence-corrected chi connectivity index (χ0v) is 13.8. The molecule has 1 saturated carbocycles. The fraction of sp³-hybridized carbons (Fsp3) is 0.500. The fourth-order valence-corrected chi connectivity index (χ4v) is 3.14. The number of carbonyl (C=O) groups is 1. The average Bonchev–Trinajstić information content (AvgIpc) is 2.96. The van der Waals surface area contributed by atoms with Gasteiger partial charge >= 0.3 is 0 Å². The third-order valence-electron chi connectivity index (χ3n) is 4.12. The van der Waals surface area contributed by atoms with Gasteiger partial charge in [0.05, 0.1) is 4.90 Å². The zero-order valence-electron chi connectivity index (χ0n) is 12.2. The van der Waals surface area contributed by atoms with Crippen LogP contribution in [0.4, 0.5) is 0 Å². The summed E-state index contributed by atoms with van der Waals surface area (Å²) in [5.41, 5.74) is 1.05. The molecule has 1 atom stereocenters. The van der Waals surface area contributed by atoms with Gasteiger partial charge in [0.15, 0.2) is 0 Å². The quantitative estimate of drug-likeness (QED) is 0.885. The van der Waals surface area contributed by atoms with Gasteiger partial charge in [0.25, 0.3) is 5.91 Å². The molecule has 0 spiro atoms. The van der Waals surface area contributed by atoms with Crippen molar-refractivity contribution >= 4 is 27.5 Å². The Morgan fingerprint density at radius 3 is 2.52 bits per heavy atom. The van der Waals surface area contributed by atoms with E-state index in [0.29, 0.717) is 18.0 Å². The second kappa shape index (κ2) is 5.26. The number of nitrogens with two attached hydrogens (primary N) is 1. The Labute approximate surface area is 129 Å². The molecule has 1 aromatic rings. The van der Waals surface area contributed by atoms with Gasteiger partial charge in [0.2, 0.25) is 10.0 Å². The van der Waals surface area contributed by atoms with Crippen molar-refractivity contribution in [1.82, 2.24) is 5.32 Å². The van der Waals surface area contributed by atoms with Gasteiger partial charge in [-0.1, -0.05) is 25.4 Å². The fourth-order valence-electron chi connectivity index (χ4n) is 2.29. The first kappa shape index (κ1) is 16.3. The molecule has 1 unspecified atom stereocenters. The summed E-state index contributed by atoms with van der Waals surface area (Å²) in [6.45, 7) is 6.54. The number of carbonyl (C=O) groups excluding carboxylic acids is 1. The van der Waals surface area contributed by atoms with E-state index < -0.39 is 10.0 Å². The van der Waals surface area contributed by atoms with Crippen LogP contribution in [0.25, 0.3) is 0 Å². The lowest BCUT2D eigenvalue weighted by Crippen LogP contribution is -2.27. The van der Waals surface area contributed by atoms with Gasteiger partial charge in [0.1, 0.15) is 0 Å². The molecule has 3 N–H and O–H groups in total. The van der Waals surface area contributed by atoms with Crippen LogP contribution in [0.2, 0.25) is 5.02 Å². The summed E-state index contributed by atoms with van der Waals surface area (Å²) < 4.78 is 22.8. The predicted molar refractivity (Wildman–Crippen MR) is 81.8 cm³/mol.